The summed E-state index contributed by atoms with van der Waals surface area (Å²) < 4.78 is 23.3. The van der Waals surface area contributed by atoms with E-state index in [0.29, 0.717) is 11.5 Å². The predicted molar refractivity (Wildman–Crippen MR) is 88.8 cm³/mol. The van der Waals surface area contributed by atoms with E-state index in [9.17, 15) is 8.42 Å². The van der Waals surface area contributed by atoms with E-state index in [1.54, 1.807) is 0 Å². The topological polar surface area (TPSA) is 49.4 Å². The van der Waals surface area contributed by atoms with Crippen LogP contribution in [0.1, 0.15) is 52.9 Å². The molecule has 0 bridgehead atoms. The van der Waals surface area contributed by atoms with Crippen molar-refractivity contribution in [1.29, 1.82) is 0 Å². The first-order valence-corrected chi connectivity index (χ1v) is 9.82. The molecule has 1 unspecified atom stereocenters. The van der Waals surface area contributed by atoms with E-state index in [0.717, 1.165) is 38.8 Å². The van der Waals surface area contributed by atoms with Crippen LogP contribution in [0, 0.1) is 0 Å². The van der Waals surface area contributed by atoms with Crippen molar-refractivity contribution >= 4 is 27.2 Å². The lowest BCUT2D eigenvalue weighted by Gasteiger charge is -2.32. The molecule has 1 atom stereocenters. The summed E-state index contributed by atoms with van der Waals surface area (Å²) >= 11 is 5.51. The third-order valence-corrected chi connectivity index (χ3v) is 6.03. The number of rotatable bonds is 7. The molecule has 6 heteroatoms. The number of thiocarbonyl (C=S) groups is 1. The molecule has 0 aromatic heterocycles. The molecule has 1 saturated heterocycles. The fourth-order valence-electron chi connectivity index (χ4n) is 2.46. The molecule has 0 spiro atoms. The van der Waals surface area contributed by atoms with E-state index >= 15 is 0 Å². The molecule has 1 aliphatic rings. The standard InChI is InChI=1S/C14H28N2O2S2/c1-4-6-9-16(10-7-5-2)13(19)15-14(3)8-11-20(17,18)12-14/h4-12H2,1-3H3,(H,15,19). The molecule has 1 N–H and O–H groups in total. The van der Waals surface area contributed by atoms with Crippen LogP contribution >= 0.6 is 12.2 Å². The number of sulfone groups is 1. The first-order chi connectivity index (χ1) is 9.32. The highest BCUT2D eigenvalue weighted by molar-refractivity contribution is 7.91. The van der Waals surface area contributed by atoms with Crippen LogP contribution in [-0.2, 0) is 9.84 Å². The maximum absolute atomic E-state index is 11.6. The second kappa shape index (κ2) is 7.59. The summed E-state index contributed by atoms with van der Waals surface area (Å²) in [5, 5.41) is 4.02. The first kappa shape index (κ1) is 17.7. The number of hydrogen-bond donors (Lipinski definition) is 1. The molecule has 0 aromatic carbocycles. The zero-order valence-corrected chi connectivity index (χ0v) is 14.6. The maximum atomic E-state index is 11.6. The quantitative estimate of drug-likeness (QED) is 0.730. The van der Waals surface area contributed by atoms with Gasteiger partial charge in [-0.05, 0) is 38.4 Å². The Kier molecular flexibility index (Phi) is 6.72. The lowest BCUT2D eigenvalue weighted by molar-refractivity contribution is 0.367. The fraction of sp³-hybridized carbons (Fsp3) is 0.929. The molecule has 0 saturated carbocycles. The number of nitrogens with zero attached hydrogens (tertiary/aromatic N) is 1. The Morgan fingerprint density at radius 3 is 2.20 bits per heavy atom. The smallest absolute Gasteiger partial charge is 0.169 e. The molecule has 1 aliphatic heterocycles. The van der Waals surface area contributed by atoms with E-state index in [2.05, 4.69) is 24.1 Å². The Labute approximate surface area is 129 Å². The highest BCUT2D eigenvalue weighted by Crippen LogP contribution is 2.23. The van der Waals surface area contributed by atoms with Crippen LogP contribution < -0.4 is 5.32 Å². The summed E-state index contributed by atoms with van der Waals surface area (Å²) in [5.41, 5.74) is -0.396. The summed E-state index contributed by atoms with van der Waals surface area (Å²) in [6.45, 7) is 8.19. The van der Waals surface area contributed by atoms with Gasteiger partial charge in [-0.3, -0.25) is 0 Å². The molecule has 1 rings (SSSR count). The van der Waals surface area contributed by atoms with Gasteiger partial charge in [-0.15, -0.1) is 0 Å². The second-order valence-corrected chi connectivity index (χ2v) is 8.60. The Balaban J connectivity index is 2.60. The van der Waals surface area contributed by atoms with Crippen LogP contribution in [0.25, 0.3) is 0 Å². The maximum Gasteiger partial charge on any atom is 0.169 e. The molecule has 0 radical (unpaired) electrons. The van der Waals surface area contributed by atoms with E-state index < -0.39 is 15.4 Å². The molecule has 0 amide bonds. The molecule has 118 valence electrons. The van der Waals surface area contributed by atoms with Crippen molar-refractivity contribution in [1.82, 2.24) is 10.2 Å². The number of nitrogens with one attached hydrogen (secondary N) is 1. The highest BCUT2D eigenvalue weighted by Gasteiger charge is 2.39. The molecule has 1 fully saturated rings. The van der Waals surface area contributed by atoms with E-state index in [1.165, 1.54) is 0 Å². The van der Waals surface area contributed by atoms with Crippen molar-refractivity contribution in [2.45, 2.75) is 58.4 Å². The van der Waals surface area contributed by atoms with Crippen molar-refractivity contribution in [3.63, 3.8) is 0 Å². The minimum atomic E-state index is -2.90. The van der Waals surface area contributed by atoms with Crippen LogP contribution in [0.2, 0.25) is 0 Å². The van der Waals surface area contributed by atoms with E-state index in [1.807, 2.05) is 6.92 Å². The summed E-state index contributed by atoms with van der Waals surface area (Å²) in [5.74, 6) is 0.457. The van der Waals surface area contributed by atoms with Crippen LogP contribution in [0.15, 0.2) is 0 Å². The second-order valence-electron chi connectivity index (χ2n) is 6.03. The normalized spacial score (nSPS) is 24.6. The lowest BCUT2D eigenvalue weighted by Crippen LogP contribution is -2.52. The highest BCUT2D eigenvalue weighted by atomic mass is 32.2. The number of hydrogen-bond acceptors (Lipinski definition) is 3. The van der Waals surface area contributed by atoms with Crippen LogP contribution in [0.5, 0.6) is 0 Å². The Bertz CT molecular complexity index is 415. The van der Waals surface area contributed by atoms with E-state index in [-0.39, 0.29) is 11.5 Å². The molecule has 4 nitrogen and oxygen atoms in total. The van der Waals surface area contributed by atoms with Crippen molar-refractivity contribution in [3.05, 3.63) is 0 Å². The van der Waals surface area contributed by atoms with Gasteiger partial charge in [-0.2, -0.15) is 0 Å². The van der Waals surface area contributed by atoms with Crippen LogP contribution in [-0.4, -0.2) is 48.6 Å². The summed E-state index contributed by atoms with van der Waals surface area (Å²) in [7, 11) is -2.90. The summed E-state index contributed by atoms with van der Waals surface area (Å²) in [6.07, 6.45) is 5.14. The average molecular weight is 321 g/mol. The van der Waals surface area contributed by atoms with Crippen molar-refractivity contribution in [2.75, 3.05) is 24.6 Å². The first-order valence-electron chi connectivity index (χ1n) is 7.59. The predicted octanol–water partition coefficient (Wildman–Crippen LogP) is 2.34. The minimum absolute atomic E-state index is 0.190. The van der Waals surface area contributed by atoms with Gasteiger partial charge in [0, 0.05) is 13.1 Å². The minimum Gasteiger partial charge on any atom is -0.356 e. The van der Waals surface area contributed by atoms with Crippen molar-refractivity contribution < 1.29 is 8.42 Å². The summed E-state index contributed by atoms with van der Waals surface area (Å²) in [6, 6.07) is 0. The molecule has 1 heterocycles. The van der Waals surface area contributed by atoms with E-state index in [4.69, 9.17) is 12.2 Å². The van der Waals surface area contributed by atoms with Gasteiger partial charge in [0.2, 0.25) is 0 Å². The van der Waals surface area contributed by atoms with Gasteiger partial charge in [-0.1, -0.05) is 26.7 Å². The van der Waals surface area contributed by atoms with Gasteiger partial charge < -0.3 is 10.2 Å². The zero-order valence-electron chi connectivity index (χ0n) is 12.9. The van der Waals surface area contributed by atoms with Crippen molar-refractivity contribution in [3.8, 4) is 0 Å². The Morgan fingerprint density at radius 2 is 1.80 bits per heavy atom. The SMILES string of the molecule is CCCCN(CCCC)C(=S)NC1(C)CCS(=O)(=O)C1. The lowest BCUT2D eigenvalue weighted by atomic mass is 10.0. The van der Waals surface area contributed by atoms with Gasteiger partial charge in [0.1, 0.15) is 0 Å². The Hall–Kier alpha value is -0.360. The fourth-order valence-corrected chi connectivity index (χ4v) is 4.98. The van der Waals surface area contributed by atoms with Crippen molar-refractivity contribution in [2.24, 2.45) is 0 Å². The molecule has 0 aromatic rings. The van der Waals surface area contributed by atoms with Gasteiger partial charge in [0.25, 0.3) is 0 Å². The zero-order chi connectivity index (χ0) is 15.2. The third-order valence-electron chi connectivity index (χ3n) is 3.76. The molecule has 20 heavy (non-hydrogen) atoms. The third kappa shape index (κ3) is 5.56. The van der Waals surface area contributed by atoms with Gasteiger partial charge in [0.15, 0.2) is 14.9 Å². The van der Waals surface area contributed by atoms with Gasteiger partial charge >= 0.3 is 0 Å². The summed E-state index contributed by atoms with van der Waals surface area (Å²) in [4.78, 5) is 2.19. The van der Waals surface area contributed by atoms with Crippen LogP contribution in [0.3, 0.4) is 0 Å². The Morgan fingerprint density at radius 1 is 1.25 bits per heavy atom. The number of unbranched alkanes of at least 4 members (excludes halogenated alkanes) is 2. The molecule has 0 aliphatic carbocycles. The van der Waals surface area contributed by atoms with Gasteiger partial charge in [-0.25, -0.2) is 8.42 Å². The van der Waals surface area contributed by atoms with Crippen LogP contribution in [0.4, 0.5) is 0 Å². The van der Waals surface area contributed by atoms with Gasteiger partial charge in [0.05, 0.1) is 17.0 Å². The average Bonchev–Trinajstić information content (AvgIpc) is 2.63. The monoisotopic (exact) mass is 320 g/mol. The molecular formula is C14H28N2O2S2. The molecular weight excluding hydrogens is 292 g/mol. The largest absolute Gasteiger partial charge is 0.356 e.